The summed E-state index contributed by atoms with van der Waals surface area (Å²) >= 11 is 0. The lowest BCUT2D eigenvalue weighted by molar-refractivity contribution is 0.0695. The standard InChI is InChI=1S/C20H21FN4O2/c21-15-3-4-19-17(12-15)18(11-14-13-22-6-5-16(14)20(26)27)23-25(19)10-9-24-7-1-2-8-24/h3-6,12-13H,1-2,7-11H2,(H,26,27). The van der Waals surface area contributed by atoms with Crippen LogP contribution >= 0.6 is 0 Å². The first-order valence-electron chi connectivity index (χ1n) is 9.15. The average molecular weight is 368 g/mol. The number of fused-ring (bicyclic) bond motifs is 1. The number of carboxylic acid groups (broad SMARTS) is 1. The van der Waals surface area contributed by atoms with E-state index < -0.39 is 5.97 Å². The van der Waals surface area contributed by atoms with Crippen molar-refractivity contribution in [2.75, 3.05) is 19.6 Å². The van der Waals surface area contributed by atoms with Crippen molar-refractivity contribution in [2.45, 2.75) is 25.8 Å². The van der Waals surface area contributed by atoms with Crippen molar-refractivity contribution in [3.8, 4) is 0 Å². The molecule has 3 aromatic rings. The smallest absolute Gasteiger partial charge is 0.336 e. The molecule has 1 aromatic carbocycles. The van der Waals surface area contributed by atoms with Crippen LogP contribution in [0.2, 0.25) is 0 Å². The first kappa shape index (κ1) is 17.6. The highest BCUT2D eigenvalue weighted by atomic mass is 19.1. The van der Waals surface area contributed by atoms with Gasteiger partial charge in [-0.2, -0.15) is 5.10 Å². The molecule has 0 radical (unpaired) electrons. The Bertz CT molecular complexity index is 979. The van der Waals surface area contributed by atoms with E-state index in [1.54, 1.807) is 6.07 Å². The summed E-state index contributed by atoms with van der Waals surface area (Å²) in [6.07, 6.45) is 5.76. The maximum absolute atomic E-state index is 13.9. The van der Waals surface area contributed by atoms with Gasteiger partial charge >= 0.3 is 5.97 Å². The lowest BCUT2D eigenvalue weighted by Gasteiger charge is -2.14. The second-order valence-electron chi connectivity index (χ2n) is 6.89. The predicted molar refractivity (Wildman–Crippen MR) is 99.4 cm³/mol. The summed E-state index contributed by atoms with van der Waals surface area (Å²) in [5.74, 6) is -1.33. The Morgan fingerprint density at radius 3 is 2.78 bits per heavy atom. The first-order valence-corrected chi connectivity index (χ1v) is 9.15. The third-order valence-electron chi connectivity index (χ3n) is 5.11. The number of aromatic nitrogens is 3. The average Bonchev–Trinajstić information content (AvgIpc) is 3.28. The van der Waals surface area contributed by atoms with E-state index in [0.717, 1.165) is 37.1 Å². The van der Waals surface area contributed by atoms with E-state index in [4.69, 9.17) is 0 Å². The van der Waals surface area contributed by atoms with Crippen molar-refractivity contribution in [3.05, 3.63) is 59.3 Å². The van der Waals surface area contributed by atoms with Gasteiger partial charge in [0, 0.05) is 30.7 Å². The Morgan fingerprint density at radius 1 is 1.19 bits per heavy atom. The van der Waals surface area contributed by atoms with Crippen molar-refractivity contribution in [1.29, 1.82) is 0 Å². The van der Waals surface area contributed by atoms with E-state index in [1.165, 1.54) is 43.4 Å². The van der Waals surface area contributed by atoms with Gasteiger partial charge in [0.05, 0.1) is 23.3 Å². The summed E-state index contributed by atoms with van der Waals surface area (Å²) in [4.78, 5) is 17.9. The fourth-order valence-corrected chi connectivity index (χ4v) is 3.72. The van der Waals surface area contributed by atoms with E-state index >= 15 is 0 Å². The number of benzene rings is 1. The number of halogens is 1. The summed E-state index contributed by atoms with van der Waals surface area (Å²) in [6, 6.07) is 6.13. The van der Waals surface area contributed by atoms with Crippen molar-refractivity contribution in [2.24, 2.45) is 0 Å². The Balaban J connectivity index is 1.67. The summed E-state index contributed by atoms with van der Waals surface area (Å²) in [6.45, 7) is 3.85. The molecular formula is C20H21FN4O2. The SMILES string of the molecule is O=C(O)c1ccncc1Cc1nn(CCN2CCCC2)c2ccc(F)cc12. The van der Waals surface area contributed by atoms with Gasteiger partial charge in [0.15, 0.2) is 0 Å². The lowest BCUT2D eigenvalue weighted by Crippen LogP contribution is -2.24. The van der Waals surface area contributed by atoms with Crippen molar-refractivity contribution in [1.82, 2.24) is 19.7 Å². The zero-order chi connectivity index (χ0) is 18.8. The van der Waals surface area contributed by atoms with Gasteiger partial charge in [0.2, 0.25) is 0 Å². The molecule has 7 heteroatoms. The fourth-order valence-electron chi connectivity index (χ4n) is 3.72. The van der Waals surface area contributed by atoms with Crippen LogP contribution in [0.5, 0.6) is 0 Å². The highest BCUT2D eigenvalue weighted by Gasteiger charge is 2.17. The number of nitrogens with zero attached hydrogens (tertiary/aromatic N) is 4. The zero-order valence-electron chi connectivity index (χ0n) is 14.9. The molecule has 1 fully saturated rings. The van der Waals surface area contributed by atoms with Gasteiger partial charge in [0.25, 0.3) is 0 Å². The Morgan fingerprint density at radius 2 is 2.00 bits per heavy atom. The molecule has 0 aliphatic carbocycles. The highest BCUT2D eigenvalue weighted by molar-refractivity contribution is 5.89. The number of hydrogen-bond acceptors (Lipinski definition) is 4. The molecule has 27 heavy (non-hydrogen) atoms. The van der Waals surface area contributed by atoms with Gasteiger partial charge in [-0.15, -0.1) is 0 Å². The highest BCUT2D eigenvalue weighted by Crippen LogP contribution is 2.24. The number of carboxylic acids is 1. The second kappa shape index (κ2) is 7.44. The minimum absolute atomic E-state index is 0.196. The third-order valence-corrected chi connectivity index (χ3v) is 5.11. The molecule has 0 spiro atoms. The summed E-state index contributed by atoms with van der Waals surface area (Å²) < 4.78 is 15.8. The minimum Gasteiger partial charge on any atom is -0.478 e. The van der Waals surface area contributed by atoms with Crippen LogP contribution < -0.4 is 0 Å². The van der Waals surface area contributed by atoms with E-state index in [1.807, 2.05) is 4.68 Å². The van der Waals surface area contributed by atoms with Gasteiger partial charge in [-0.3, -0.25) is 9.67 Å². The summed E-state index contributed by atoms with van der Waals surface area (Å²) in [5, 5.41) is 14.8. The minimum atomic E-state index is -1.00. The number of pyridine rings is 1. The monoisotopic (exact) mass is 368 g/mol. The molecule has 6 nitrogen and oxygen atoms in total. The first-order chi connectivity index (χ1) is 13.1. The zero-order valence-corrected chi connectivity index (χ0v) is 14.9. The molecule has 1 saturated heterocycles. The van der Waals surface area contributed by atoms with Crippen LogP contribution in [0.4, 0.5) is 4.39 Å². The lowest BCUT2D eigenvalue weighted by atomic mass is 10.0. The number of carbonyl (C=O) groups is 1. The third kappa shape index (κ3) is 3.68. The largest absolute Gasteiger partial charge is 0.478 e. The second-order valence-corrected chi connectivity index (χ2v) is 6.89. The van der Waals surface area contributed by atoms with Gasteiger partial charge in [-0.05, 0) is 55.8 Å². The van der Waals surface area contributed by atoms with Crippen LogP contribution in [0.15, 0.2) is 36.7 Å². The van der Waals surface area contributed by atoms with Crippen molar-refractivity contribution < 1.29 is 14.3 Å². The number of aromatic carboxylic acids is 1. The molecule has 4 rings (SSSR count). The molecule has 140 valence electrons. The van der Waals surface area contributed by atoms with Gasteiger partial charge in [-0.1, -0.05) is 0 Å². The Kier molecular flexibility index (Phi) is 4.85. The van der Waals surface area contributed by atoms with Gasteiger partial charge in [0.1, 0.15) is 5.82 Å². The maximum Gasteiger partial charge on any atom is 0.336 e. The van der Waals surface area contributed by atoms with Crippen molar-refractivity contribution in [3.63, 3.8) is 0 Å². The van der Waals surface area contributed by atoms with Crippen LogP contribution in [0, 0.1) is 5.82 Å². The number of hydrogen-bond donors (Lipinski definition) is 1. The Hall–Kier alpha value is -2.80. The molecule has 2 aromatic heterocycles. The summed E-state index contributed by atoms with van der Waals surface area (Å²) in [5.41, 5.74) is 2.30. The molecule has 0 bridgehead atoms. The topological polar surface area (TPSA) is 71.2 Å². The van der Waals surface area contributed by atoms with Gasteiger partial charge in [-0.25, -0.2) is 9.18 Å². The van der Waals surface area contributed by atoms with E-state index in [0.29, 0.717) is 17.7 Å². The van der Waals surface area contributed by atoms with E-state index in [2.05, 4.69) is 15.0 Å². The normalized spacial score (nSPS) is 14.9. The van der Waals surface area contributed by atoms with Crippen LogP contribution in [-0.2, 0) is 13.0 Å². The maximum atomic E-state index is 13.9. The number of rotatable bonds is 6. The summed E-state index contributed by atoms with van der Waals surface area (Å²) in [7, 11) is 0. The molecule has 0 amide bonds. The van der Waals surface area contributed by atoms with Crippen LogP contribution in [0.3, 0.4) is 0 Å². The molecule has 3 heterocycles. The quantitative estimate of drug-likeness (QED) is 0.724. The number of likely N-dealkylation sites (tertiary alicyclic amines) is 1. The van der Waals surface area contributed by atoms with E-state index in [-0.39, 0.29) is 11.4 Å². The predicted octanol–water partition coefficient (Wildman–Crippen LogP) is 2.96. The van der Waals surface area contributed by atoms with Crippen LogP contribution in [-0.4, -0.2) is 50.4 Å². The molecule has 1 N–H and O–H groups in total. The molecule has 0 saturated carbocycles. The van der Waals surface area contributed by atoms with Crippen LogP contribution in [0.25, 0.3) is 10.9 Å². The molecule has 0 unspecified atom stereocenters. The molecule has 1 aliphatic rings. The van der Waals surface area contributed by atoms with Crippen molar-refractivity contribution >= 4 is 16.9 Å². The molecule has 1 aliphatic heterocycles. The van der Waals surface area contributed by atoms with E-state index in [9.17, 15) is 14.3 Å². The Labute approximate surface area is 156 Å². The van der Waals surface area contributed by atoms with Gasteiger partial charge < -0.3 is 10.0 Å². The molecule has 0 atom stereocenters. The molecular weight excluding hydrogens is 347 g/mol. The fraction of sp³-hybridized carbons (Fsp3) is 0.350. The van der Waals surface area contributed by atoms with Crippen LogP contribution in [0.1, 0.15) is 34.5 Å².